The molecule has 0 saturated heterocycles. The second kappa shape index (κ2) is 13.3. The van der Waals surface area contributed by atoms with Gasteiger partial charge >= 0.3 is 29.6 Å². The van der Waals surface area contributed by atoms with Gasteiger partial charge in [-0.15, -0.1) is 0 Å². The summed E-state index contributed by atoms with van der Waals surface area (Å²) < 4.78 is 39.1. The van der Waals surface area contributed by atoms with Crippen molar-refractivity contribution in [1.29, 1.82) is 0 Å². The van der Waals surface area contributed by atoms with E-state index in [1.54, 1.807) is 50.2 Å². The maximum absolute atomic E-state index is 13.5. The molecule has 40 heavy (non-hydrogen) atoms. The Balaban J connectivity index is 0.00000441. The molecule has 0 radical (unpaired) electrons. The molecule has 13 heteroatoms. The van der Waals surface area contributed by atoms with Crippen molar-refractivity contribution in [2.24, 2.45) is 10.2 Å². The predicted octanol–water partition coefficient (Wildman–Crippen LogP) is 4.10. The fourth-order valence-electron chi connectivity index (χ4n) is 4.06. The maximum Gasteiger partial charge on any atom is 1.00 e. The summed E-state index contributed by atoms with van der Waals surface area (Å²) in [7, 11) is -4.65. The molecule has 0 heterocycles. The average molecular weight is 610 g/mol. The molecule has 9 nitrogen and oxygen atoms in total. The van der Waals surface area contributed by atoms with Crippen molar-refractivity contribution >= 4 is 67.1 Å². The summed E-state index contributed by atoms with van der Waals surface area (Å²) in [5.74, 6) is -1.02. The van der Waals surface area contributed by atoms with Crippen LogP contribution in [-0.2, 0) is 16.5 Å². The van der Waals surface area contributed by atoms with Gasteiger partial charge in [0.2, 0.25) is 0 Å². The fourth-order valence-corrected chi connectivity index (χ4v) is 5.57. The molecule has 0 atom stereocenters. The molecule has 202 valence electrons. The van der Waals surface area contributed by atoms with Gasteiger partial charge in [-0.1, -0.05) is 60.1 Å². The molecule has 0 aliphatic heterocycles. The maximum atomic E-state index is 13.5. The molecule has 0 aliphatic rings. The summed E-state index contributed by atoms with van der Waals surface area (Å²) in [5, 5.41) is 25.6. The van der Waals surface area contributed by atoms with Crippen molar-refractivity contribution in [2.75, 3.05) is 11.9 Å². The topological polar surface area (TPSA) is 140 Å². The minimum absolute atomic E-state index is 0. The van der Waals surface area contributed by atoms with E-state index in [9.17, 15) is 22.9 Å². The van der Waals surface area contributed by atoms with Crippen LogP contribution in [0, 0.1) is 0 Å². The van der Waals surface area contributed by atoms with Gasteiger partial charge in [0, 0.05) is 21.5 Å². The minimum Gasteiger partial charge on any atom is -0.870 e. The van der Waals surface area contributed by atoms with Crippen LogP contribution in [0.15, 0.2) is 75.8 Å². The van der Waals surface area contributed by atoms with Crippen LogP contribution in [0.5, 0.6) is 11.5 Å². The number of halogens is 2. The summed E-state index contributed by atoms with van der Waals surface area (Å²) in [4.78, 5) is 12.8. The van der Waals surface area contributed by atoms with Crippen molar-refractivity contribution < 1.29 is 57.2 Å². The Morgan fingerprint density at radius 1 is 1.05 bits per heavy atom. The number of amides is 1. The first-order valence-electron chi connectivity index (χ1n) is 11.7. The Labute approximate surface area is 263 Å². The van der Waals surface area contributed by atoms with Crippen molar-refractivity contribution in [3.8, 4) is 11.5 Å². The first-order chi connectivity index (χ1) is 18.5. The number of anilines is 1. The Kier molecular flexibility index (Phi) is 10.6. The van der Waals surface area contributed by atoms with E-state index in [0.717, 1.165) is 0 Å². The summed E-state index contributed by atoms with van der Waals surface area (Å²) in [6.45, 7) is 3.80. The first-order valence-corrected chi connectivity index (χ1v) is 13.9. The molecular weight excluding hydrogens is 588 g/mol. The summed E-state index contributed by atoms with van der Waals surface area (Å²) in [6, 6.07) is 15.7. The number of azo groups is 1. The molecule has 0 unspecified atom stereocenters. The monoisotopic (exact) mass is 609 g/mol. The number of ether oxygens (including phenoxy) is 1. The van der Waals surface area contributed by atoms with E-state index in [1.807, 2.05) is 0 Å². The van der Waals surface area contributed by atoms with Crippen molar-refractivity contribution in [3.63, 3.8) is 0 Å². The molecular formula is C27H22Cl2N3NaO6S. The summed E-state index contributed by atoms with van der Waals surface area (Å²) >= 11 is 12.1. The van der Waals surface area contributed by atoms with Crippen LogP contribution in [0.3, 0.4) is 0 Å². The third kappa shape index (κ3) is 6.77. The van der Waals surface area contributed by atoms with Gasteiger partial charge in [0.25, 0.3) is 16.0 Å². The Morgan fingerprint density at radius 2 is 1.77 bits per heavy atom. The third-order valence-electron chi connectivity index (χ3n) is 5.77. The Morgan fingerprint density at radius 3 is 2.45 bits per heavy atom. The molecule has 2 N–H and O–H groups in total. The number of rotatable bonds is 8. The zero-order chi connectivity index (χ0) is 28.3. The van der Waals surface area contributed by atoms with Crippen LogP contribution < -0.4 is 44.7 Å². The van der Waals surface area contributed by atoms with Gasteiger partial charge in [0.15, 0.2) is 0 Å². The summed E-state index contributed by atoms with van der Waals surface area (Å²) in [6.07, 6.45) is 0.152. The largest absolute Gasteiger partial charge is 1.00 e. The average Bonchev–Trinajstić information content (AvgIpc) is 2.89. The van der Waals surface area contributed by atoms with E-state index in [4.69, 9.17) is 27.9 Å². The number of nitrogens with one attached hydrogen (secondary N) is 1. The number of fused-ring (bicyclic) bond motifs is 1. The zero-order valence-electron chi connectivity index (χ0n) is 21.7. The van der Waals surface area contributed by atoms with Crippen LogP contribution in [0.4, 0.5) is 17.1 Å². The number of carbonyl (C=O) groups excluding carboxylic acids is 1. The molecule has 4 rings (SSSR count). The van der Waals surface area contributed by atoms with Crippen molar-refractivity contribution in [1.82, 2.24) is 0 Å². The van der Waals surface area contributed by atoms with Crippen molar-refractivity contribution in [2.45, 2.75) is 25.2 Å². The van der Waals surface area contributed by atoms with E-state index >= 15 is 0 Å². The van der Waals surface area contributed by atoms with E-state index in [2.05, 4.69) is 15.5 Å². The van der Waals surface area contributed by atoms with Gasteiger partial charge in [-0.25, -0.2) is 0 Å². The van der Waals surface area contributed by atoms with Crippen molar-refractivity contribution in [3.05, 3.63) is 81.8 Å². The predicted molar refractivity (Wildman–Crippen MR) is 149 cm³/mol. The summed E-state index contributed by atoms with van der Waals surface area (Å²) in [5.41, 5.74) is 0.184. The van der Waals surface area contributed by atoms with Crippen LogP contribution in [0.1, 0.15) is 29.8 Å². The third-order valence-corrected chi connectivity index (χ3v) is 7.41. The number of hydrogen-bond donors (Lipinski definition) is 2. The second-order valence-electron chi connectivity index (χ2n) is 8.25. The van der Waals surface area contributed by atoms with E-state index in [1.165, 1.54) is 24.3 Å². The number of carbonyl (C=O) groups is 1. The molecule has 0 saturated carbocycles. The molecule has 0 spiro atoms. The van der Waals surface area contributed by atoms with E-state index in [-0.39, 0.29) is 69.2 Å². The Bertz CT molecular complexity index is 1730. The van der Waals surface area contributed by atoms with Crippen LogP contribution in [-0.4, -0.2) is 25.5 Å². The number of hydrogen-bond acceptors (Lipinski definition) is 7. The smallest absolute Gasteiger partial charge is 0.870 e. The standard InChI is InChI=1S/C27H23Cl2N3O6S.Na/c1-3-17-21(11-10-20(29)26(17)39(35,36)37)31-32-24-18-8-6-5-7-15(18)13-19(25(24)33)27(34)30-22-14-16(28)9-12-23(22)38-4-2;/h5-14,33H,3-4H2,1-2H3,(H,30,34)(H,35,36,37);/q;+1/p-1. The number of nitrogens with zero attached hydrogens (tertiary/aromatic N) is 2. The molecule has 4 aromatic carbocycles. The van der Waals surface area contributed by atoms with E-state index < -0.39 is 26.7 Å². The minimum atomic E-state index is -4.65. The van der Waals surface area contributed by atoms with Gasteiger partial charge in [-0.05, 0) is 55.1 Å². The SMILES string of the molecule is CCOc1ccc(Cl)cc1NC(=O)c1cc2ccccc2c(N=Nc2ccc(Cl)c(S(=O)(=O)O)c2CC)c1[O-].[Na+]. The molecule has 4 aromatic rings. The quantitative estimate of drug-likeness (QED) is 0.175. The Hall–Kier alpha value is -2.70. The van der Waals surface area contributed by atoms with Crippen LogP contribution in [0.25, 0.3) is 10.8 Å². The zero-order valence-corrected chi connectivity index (χ0v) is 26.1. The fraction of sp³-hybridized carbons (Fsp3) is 0.148. The van der Waals surface area contributed by atoms with E-state index in [0.29, 0.717) is 28.2 Å². The van der Waals surface area contributed by atoms with Gasteiger partial charge in [0.05, 0.1) is 28.7 Å². The van der Waals surface area contributed by atoms with Gasteiger partial charge < -0.3 is 15.2 Å². The normalized spacial score (nSPS) is 11.4. The molecule has 1 amide bonds. The van der Waals surface area contributed by atoms with Gasteiger partial charge in [-0.3, -0.25) is 9.35 Å². The molecule has 0 aliphatic carbocycles. The molecule has 0 bridgehead atoms. The second-order valence-corrected chi connectivity index (χ2v) is 10.5. The molecule has 0 fully saturated rings. The van der Waals surface area contributed by atoms with Gasteiger partial charge in [0.1, 0.15) is 10.6 Å². The van der Waals surface area contributed by atoms with Gasteiger partial charge in [-0.2, -0.15) is 18.6 Å². The van der Waals surface area contributed by atoms with Crippen LogP contribution >= 0.6 is 23.2 Å². The first kappa shape index (κ1) is 31.8. The molecule has 0 aromatic heterocycles. The number of benzene rings is 4. The van der Waals surface area contributed by atoms with Crippen LogP contribution in [0.2, 0.25) is 10.0 Å².